The van der Waals surface area contributed by atoms with Crippen LogP contribution in [0.5, 0.6) is 0 Å². The molecule has 3 nitrogen and oxygen atoms in total. The van der Waals surface area contributed by atoms with E-state index in [1.807, 2.05) is 6.07 Å². The maximum Gasteiger partial charge on any atom is 0.263 e. The highest BCUT2D eigenvalue weighted by Gasteiger charge is 2.17. The van der Waals surface area contributed by atoms with E-state index in [1.165, 1.54) is 10.6 Å². The summed E-state index contributed by atoms with van der Waals surface area (Å²) in [5, 5.41) is 0. The van der Waals surface area contributed by atoms with Gasteiger partial charge in [-0.3, -0.25) is 9.36 Å². The monoisotopic (exact) mass is 272 g/mol. The van der Waals surface area contributed by atoms with E-state index in [-0.39, 0.29) is 5.56 Å². The van der Waals surface area contributed by atoms with Gasteiger partial charge in [0.2, 0.25) is 0 Å². The highest BCUT2D eigenvalue weighted by molar-refractivity contribution is 6.01. The second kappa shape index (κ2) is 4.52. The van der Waals surface area contributed by atoms with Crippen LogP contribution in [-0.2, 0) is 0 Å². The van der Waals surface area contributed by atoms with Crippen LogP contribution in [0.2, 0.25) is 0 Å². The molecule has 3 rings (SSSR count). The van der Waals surface area contributed by atoms with Gasteiger partial charge in [-0.2, -0.15) is 0 Å². The topological polar surface area (TPSA) is 34.9 Å². The summed E-state index contributed by atoms with van der Waals surface area (Å²) >= 11 is 0. The van der Waals surface area contributed by atoms with Crippen LogP contribution in [-0.4, -0.2) is 15.5 Å². The van der Waals surface area contributed by atoms with Gasteiger partial charge in [0.25, 0.3) is 5.91 Å². The van der Waals surface area contributed by atoms with Crippen molar-refractivity contribution >= 4 is 16.9 Å². The lowest BCUT2D eigenvalue weighted by Gasteiger charge is -2.06. The molecular weight excluding hydrogens is 262 g/mol. The molecule has 0 radical (unpaired) electrons. The lowest BCUT2D eigenvalue weighted by Crippen LogP contribution is -2.14. The zero-order chi connectivity index (χ0) is 14.3. The number of rotatable bonds is 1. The normalized spacial score (nSPS) is 10.9. The van der Waals surface area contributed by atoms with E-state index in [0.717, 1.165) is 12.1 Å². The molecule has 0 saturated heterocycles. The van der Waals surface area contributed by atoms with Gasteiger partial charge in [-0.15, -0.1) is 0 Å². The molecule has 1 aromatic heterocycles. The van der Waals surface area contributed by atoms with Crippen molar-refractivity contribution in [3.63, 3.8) is 0 Å². The number of para-hydroxylation sites is 2. The Balaban J connectivity index is 2.17. The van der Waals surface area contributed by atoms with Gasteiger partial charge >= 0.3 is 0 Å². The van der Waals surface area contributed by atoms with E-state index in [0.29, 0.717) is 16.9 Å². The molecule has 100 valence electrons. The fourth-order valence-corrected chi connectivity index (χ4v) is 2.16. The summed E-state index contributed by atoms with van der Waals surface area (Å²) in [6.45, 7) is 1.69. The van der Waals surface area contributed by atoms with Crippen molar-refractivity contribution in [3.8, 4) is 0 Å². The van der Waals surface area contributed by atoms with E-state index in [1.54, 1.807) is 25.1 Å². The van der Waals surface area contributed by atoms with Crippen molar-refractivity contribution in [2.45, 2.75) is 6.92 Å². The third-order valence-electron chi connectivity index (χ3n) is 3.10. The summed E-state index contributed by atoms with van der Waals surface area (Å²) in [6.07, 6.45) is 0. The van der Waals surface area contributed by atoms with E-state index in [9.17, 15) is 13.6 Å². The molecule has 2 aromatic carbocycles. The summed E-state index contributed by atoms with van der Waals surface area (Å²) in [6, 6.07) is 10.3. The van der Waals surface area contributed by atoms with Gasteiger partial charge in [0.05, 0.1) is 11.0 Å². The lowest BCUT2D eigenvalue weighted by molar-refractivity contribution is 0.0962. The Hall–Kier alpha value is -2.56. The van der Waals surface area contributed by atoms with Gasteiger partial charge in [-0.1, -0.05) is 12.1 Å². The van der Waals surface area contributed by atoms with Crippen molar-refractivity contribution in [1.82, 2.24) is 9.55 Å². The minimum absolute atomic E-state index is 0.0788. The molecule has 0 spiro atoms. The third kappa shape index (κ3) is 1.87. The van der Waals surface area contributed by atoms with Crippen LogP contribution >= 0.6 is 0 Å². The van der Waals surface area contributed by atoms with Crippen molar-refractivity contribution in [1.29, 1.82) is 0 Å². The maximum atomic E-state index is 13.2. The standard InChI is InChI=1S/C15H10F2N2O/c1-9-18-13-4-2-3-5-14(13)19(9)15(20)10-6-7-11(16)12(17)8-10/h2-8H,1H3. The fraction of sp³-hybridized carbons (Fsp3) is 0.0667. The molecule has 0 saturated carbocycles. The van der Waals surface area contributed by atoms with Crippen molar-refractivity contribution < 1.29 is 13.6 Å². The van der Waals surface area contributed by atoms with E-state index in [2.05, 4.69) is 4.98 Å². The Kier molecular flexibility index (Phi) is 2.82. The summed E-state index contributed by atoms with van der Waals surface area (Å²) < 4.78 is 27.6. The molecule has 0 aliphatic carbocycles. The van der Waals surface area contributed by atoms with Gasteiger partial charge in [-0.25, -0.2) is 13.8 Å². The second-order valence-electron chi connectivity index (χ2n) is 4.42. The molecule has 0 aliphatic rings. The lowest BCUT2D eigenvalue weighted by atomic mass is 10.2. The summed E-state index contributed by atoms with van der Waals surface area (Å²) in [5.74, 6) is -1.96. The van der Waals surface area contributed by atoms with Crippen molar-refractivity contribution in [2.24, 2.45) is 0 Å². The number of aromatic nitrogens is 2. The number of benzene rings is 2. The van der Waals surface area contributed by atoms with Crippen LogP contribution in [0.1, 0.15) is 16.2 Å². The number of fused-ring (bicyclic) bond motifs is 1. The molecule has 3 aromatic rings. The Bertz CT molecular complexity index is 824. The van der Waals surface area contributed by atoms with Crippen LogP contribution in [0.15, 0.2) is 42.5 Å². The SMILES string of the molecule is Cc1nc2ccccc2n1C(=O)c1ccc(F)c(F)c1. The number of halogens is 2. The van der Waals surface area contributed by atoms with Gasteiger partial charge in [0.15, 0.2) is 11.6 Å². The number of hydrogen-bond acceptors (Lipinski definition) is 2. The fourth-order valence-electron chi connectivity index (χ4n) is 2.16. The Labute approximate surface area is 113 Å². The van der Waals surface area contributed by atoms with Crippen LogP contribution in [0, 0.1) is 18.6 Å². The van der Waals surface area contributed by atoms with Gasteiger partial charge in [-0.05, 0) is 37.3 Å². The first-order chi connectivity index (χ1) is 9.58. The minimum atomic E-state index is -1.04. The Morgan fingerprint density at radius 1 is 1.10 bits per heavy atom. The predicted octanol–water partition coefficient (Wildman–Crippen LogP) is 3.31. The predicted molar refractivity (Wildman–Crippen MR) is 70.6 cm³/mol. The minimum Gasteiger partial charge on any atom is -0.268 e. The molecule has 0 aliphatic heterocycles. The Morgan fingerprint density at radius 3 is 2.60 bits per heavy atom. The molecule has 20 heavy (non-hydrogen) atoms. The van der Waals surface area contributed by atoms with E-state index in [4.69, 9.17) is 0 Å². The van der Waals surface area contributed by atoms with Gasteiger partial charge in [0, 0.05) is 5.56 Å². The first-order valence-electron chi connectivity index (χ1n) is 6.02. The molecule has 0 bridgehead atoms. The maximum absolute atomic E-state index is 13.2. The number of nitrogens with zero attached hydrogens (tertiary/aromatic N) is 2. The van der Waals surface area contributed by atoms with E-state index >= 15 is 0 Å². The summed E-state index contributed by atoms with van der Waals surface area (Å²) in [5.41, 5.74) is 1.40. The highest BCUT2D eigenvalue weighted by atomic mass is 19.2. The van der Waals surface area contributed by atoms with E-state index < -0.39 is 17.5 Å². The number of carbonyl (C=O) groups is 1. The molecule has 0 unspecified atom stereocenters. The van der Waals surface area contributed by atoms with Gasteiger partial charge < -0.3 is 0 Å². The van der Waals surface area contributed by atoms with Crippen LogP contribution < -0.4 is 0 Å². The first-order valence-corrected chi connectivity index (χ1v) is 6.02. The van der Waals surface area contributed by atoms with Gasteiger partial charge in [0.1, 0.15) is 5.82 Å². The quantitative estimate of drug-likeness (QED) is 0.681. The zero-order valence-corrected chi connectivity index (χ0v) is 10.6. The molecule has 0 fully saturated rings. The Morgan fingerprint density at radius 2 is 1.85 bits per heavy atom. The van der Waals surface area contributed by atoms with Crippen LogP contribution in [0.4, 0.5) is 8.78 Å². The average molecular weight is 272 g/mol. The summed E-state index contributed by atoms with van der Waals surface area (Å²) in [7, 11) is 0. The number of aryl methyl sites for hydroxylation is 1. The molecule has 0 N–H and O–H groups in total. The zero-order valence-electron chi connectivity index (χ0n) is 10.6. The smallest absolute Gasteiger partial charge is 0.263 e. The summed E-state index contributed by atoms with van der Waals surface area (Å²) in [4.78, 5) is 16.7. The molecule has 0 atom stereocenters. The molecular formula is C15H10F2N2O. The number of imidazole rings is 1. The van der Waals surface area contributed by atoms with Crippen molar-refractivity contribution in [2.75, 3.05) is 0 Å². The molecule has 1 heterocycles. The number of carbonyl (C=O) groups excluding carboxylic acids is 1. The third-order valence-corrected chi connectivity index (χ3v) is 3.10. The first kappa shape index (κ1) is 12.5. The van der Waals surface area contributed by atoms with Crippen LogP contribution in [0.3, 0.4) is 0 Å². The second-order valence-corrected chi connectivity index (χ2v) is 4.42. The average Bonchev–Trinajstić information content (AvgIpc) is 2.77. The largest absolute Gasteiger partial charge is 0.268 e. The van der Waals surface area contributed by atoms with Crippen molar-refractivity contribution in [3.05, 3.63) is 65.5 Å². The van der Waals surface area contributed by atoms with Crippen LogP contribution in [0.25, 0.3) is 11.0 Å². The highest BCUT2D eigenvalue weighted by Crippen LogP contribution is 2.18. The molecule has 5 heteroatoms. The molecule has 0 amide bonds. The number of hydrogen-bond donors (Lipinski definition) is 0.